The van der Waals surface area contributed by atoms with E-state index in [0.29, 0.717) is 37.2 Å². The first-order valence-electron chi connectivity index (χ1n) is 8.50. The molecule has 2 aromatic rings. The monoisotopic (exact) mass is 359 g/mol. The van der Waals surface area contributed by atoms with Crippen molar-refractivity contribution in [1.29, 1.82) is 0 Å². The van der Waals surface area contributed by atoms with Crippen molar-refractivity contribution >= 4 is 23.5 Å². The second kappa shape index (κ2) is 10.2. The summed E-state index contributed by atoms with van der Waals surface area (Å²) in [6, 6.07) is 8.66. The summed E-state index contributed by atoms with van der Waals surface area (Å²) in [7, 11) is 3.24. The number of anilines is 3. The summed E-state index contributed by atoms with van der Waals surface area (Å²) in [6.07, 6.45) is 2.45. The van der Waals surface area contributed by atoms with E-state index in [1.807, 2.05) is 31.2 Å². The van der Waals surface area contributed by atoms with Crippen molar-refractivity contribution in [2.75, 3.05) is 44.1 Å². The van der Waals surface area contributed by atoms with Gasteiger partial charge in [-0.15, -0.1) is 0 Å². The number of carbonyl (C=O) groups is 1. The van der Waals surface area contributed by atoms with Crippen molar-refractivity contribution in [1.82, 2.24) is 15.3 Å². The molecular weight excluding hydrogens is 334 g/mol. The lowest BCUT2D eigenvalue weighted by atomic mass is 10.2. The number of hydrogen-bond acceptors (Lipinski definition) is 6. The van der Waals surface area contributed by atoms with Crippen LogP contribution in [-0.4, -0.2) is 49.9 Å². The van der Waals surface area contributed by atoms with Gasteiger partial charge in [-0.05, 0) is 37.6 Å². The molecule has 140 valence electrons. The quantitative estimate of drug-likeness (QED) is 0.669. The lowest BCUT2D eigenvalue weighted by Crippen LogP contribution is -2.35. The van der Waals surface area contributed by atoms with Crippen LogP contribution in [0.1, 0.15) is 13.3 Å². The van der Waals surface area contributed by atoms with Crippen molar-refractivity contribution in [2.24, 2.45) is 0 Å². The van der Waals surface area contributed by atoms with Gasteiger partial charge in [0.05, 0.1) is 12.3 Å². The number of urea groups is 1. The Labute approximate surface area is 153 Å². The normalized spacial score (nSPS) is 10.3. The van der Waals surface area contributed by atoms with Gasteiger partial charge in [0.25, 0.3) is 0 Å². The molecule has 8 heteroatoms. The molecule has 0 fully saturated rings. The molecule has 1 aromatic heterocycles. The van der Waals surface area contributed by atoms with Gasteiger partial charge in [0.2, 0.25) is 5.95 Å². The third-order valence-corrected chi connectivity index (χ3v) is 3.50. The molecule has 0 bridgehead atoms. The molecule has 0 aliphatic carbocycles. The van der Waals surface area contributed by atoms with E-state index in [0.717, 1.165) is 12.2 Å². The van der Waals surface area contributed by atoms with Gasteiger partial charge in [0, 0.05) is 39.6 Å². The van der Waals surface area contributed by atoms with Crippen molar-refractivity contribution in [2.45, 2.75) is 13.3 Å². The molecule has 0 unspecified atom stereocenters. The maximum atomic E-state index is 12.4. The second-order valence-corrected chi connectivity index (χ2v) is 5.33. The summed E-state index contributed by atoms with van der Waals surface area (Å²) in [6.45, 7) is 3.85. The average molecular weight is 359 g/mol. The third kappa shape index (κ3) is 5.32. The summed E-state index contributed by atoms with van der Waals surface area (Å²) in [5.41, 5.74) is 0.678. The van der Waals surface area contributed by atoms with Gasteiger partial charge in [0.1, 0.15) is 11.6 Å². The minimum Gasteiger partial charge on any atom is -0.494 e. The predicted octanol–water partition coefficient (Wildman–Crippen LogP) is 2.80. The lowest BCUT2D eigenvalue weighted by molar-refractivity contribution is 0.197. The minimum atomic E-state index is -0.293. The first-order chi connectivity index (χ1) is 12.7. The van der Waals surface area contributed by atoms with E-state index in [4.69, 9.17) is 9.47 Å². The van der Waals surface area contributed by atoms with Crippen LogP contribution in [0.15, 0.2) is 36.5 Å². The van der Waals surface area contributed by atoms with Gasteiger partial charge in [0.15, 0.2) is 0 Å². The van der Waals surface area contributed by atoms with Gasteiger partial charge in [-0.2, -0.15) is 4.98 Å². The zero-order chi connectivity index (χ0) is 18.8. The largest absolute Gasteiger partial charge is 0.494 e. The van der Waals surface area contributed by atoms with Crippen LogP contribution in [0.4, 0.5) is 22.2 Å². The van der Waals surface area contributed by atoms with Crippen LogP contribution in [0.25, 0.3) is 0 Å². The molecule has 8 nitrogen and oxygen atoms in total. The van der Waals surface area contributed by atoms with Crippen LogP contribution in [0.2, 0.25) is 0 Å². The molecule has 0 aliphatic rings. The van der Waals surface area contributed by atoms with E-state index >= 15 is 0 Å². The molecule has 0 saturated carbocycles. The number of methoxy groups -OCH3 is 1. The maximum absolute atomic E-state index is 12.4. The number of nitrogens with zero attached hydrogens (tertiary/aromatic N) is 3. The average Bonchev–Trinajstić information content (AvgIpc) is 2.67. The van der Waals surface area contributed by atoms with E-state index in [2.05, 4.69) is 20.6 Å². The zero-order valence-corrected chi connectivity index (χ0v) is 15.4. The second-order valence-electron chi connectivity index (χ2n) is 5.33. The SMILES string of the molecule is CCOc1ccc(N(C(=O)NC)c2ccnc(NCCCOC)n2)cc1. The number of hydrogen-bond donors (Lipinski definition) is 2. The molecule has 0 atom stereocenters. The number of rotatable bonds is 9. The van der Waals surface area contributed by atoms with Crippen LogP contribution < -0.4 is 20.3 Å². The van der Waals surface area contributed by atoms with Crippen LogP contribution >= 0.6 is 0 Å². The van der Waals surface area contributed by atoms with Crippen LogP contribution in [0.3, 0.4) is 0 Å². The summed E-state index contributed by atoms with van der Waals surface area (Å²) in [4.78, 5) is 22.5. The summed E-state index contributed by atoms with van der Waals surface area (Å²) in [5.74, 6) is 1.67. The molecule has 1 aromatic carbocycles. The summed E-state index contributed by atoms with van der Waals surface area (Å²) in [5, 5.41) is 5.77. The summed E-state index contributed by atoms with van der Waals surface area (Å²) < 4.78 is 10.5. The van der Waals surface area contributed by atoms with E-state index < -0.39 is 0 Å². The number of benzene rings is 1. The minimum absolute atomic E-state index is 0.293. The highest BCUT2D eigenvalue weighted by atomic mass is 16.5. The van der Waals surface area contributed by atoms with Crippen molar-refractivity contribution in [3.8, 4) is 5.75 Å². The topological polar surface area (TPSA) is 88.6 Å². The third-order valence-electron chi connectivity index (χ3n) is 3.50. The number of ether oxygens (including phenoxy) is 2. The molecule has 0 spiro atoms. The molecule has 2 rings (SSSR count). The Kier molecular flexibility index (Phi) is 7.63. The van der Waals surface area contributed by atoms with Crippen LogP contribution in [0, 0.1) is 0 Å². The molecule has 0 radical (unpaired) electrons. The van der Waals surface area contributed by atoms with E-state index in [9.17, 15) is 4.79 Å². The van der Waals surface area contributed by atoms with Gasteiger partial charge in [-0.3, -0.25) is 0 Å². The lowest BCUT2D eigenvalue weighted by Gasteiger charge is -2.22. The molecule has 0 aliphatic heterocycles. The van der Waals surface area contributed by atoms with Crippen molar-refractivity contribution < 1.29 is 14.3 Å². The molecule has 2 amide bonds. The fourth-order valence-corrected chi connectivity index (χ4v) is 2.30. The van der Waals surface area contributed by atoms with Gasteiger partial charge < -0.3 is 20.1 Å². The number of amides is 2. The van der Waals surface area contributed by atoms with Gasteiger partial charge >= 0.3 is 6.03 Å². The number of nitrogens with one attached hydrogen (secondary N) is 2. The Morgan fingerprint density at radius 3 is 2.65 bits per heavy atom. The Morgan fingerprint density at radius 1 is 1.23 bits per heavy atom. The predicted molar refractivity (Wildman–Crippen MR) is 101 cm³/mol. The Balaban J connectivity index is 2.22. The maximum Gasteiger partial charge on any atom is 0.327 e. The first kappa shape index (κ1) is 19.5. The number of aromatic nitrogens is 2. The van der Waals surface area contributed by atoms with E-state index in [1.165, 1.54) is 4.90 Å². The molecule has 2 N–H and O–H groups in total. The Hall–Kier alpha value is -2.87. The Bertz CT molecular complexity index is 693. The molecule has 1 heterocycles. The van der Waals surface area contributed by atoms with Crippen molar-refractivity contribution in [3.05, 3.63) is 36.5 Å². The van der Waals surface area contributed by atoms with E-state index in [-0.39, 0.29) is 6.03 Å². The fraction of sp³-hybridized carbons (Fsp3) is 0.389. The first-order valence-corrected chi connectivity index (χ1v) is 8.50. The smallest absolute Gasteiger partial charge is 0.327 e. The van der Waals surface area contributed by atoms with Crippen LogP contribution in [0.5, 0.6) is 5.75 Å². The Morgan fingerprint density at radius 2 is 2.00 bits per heavy atom. The van der Waals surface area contributed by atoms with Crippen molar-refractivity contribution in [3.63, 3.8) is 0 Å². The standard InChI is InChI=1S/C18H25N5O3/c1-4-26-15-8-6-14(7-9-15)23(18(24)19-2)16-10-12-21-17(22-16)20-11-5-13-25-3/h6-10,12H,4-5,11,13H2,1-3H3,(H,19,24)(H,20,21,22). The zero-order valence-electron chi connectivity index (χ0n) is 15.4. The molecular formula is C18H25N5O3. The van der Waals surface area contributed by atoms with E-state index in [1.54, 1.807) is 26.4 Å². The highest BCUT2D eigenvalue weighted by Gasteiger charge is 2.19. The highest BCUT2D eigenvalue weighted by molar-refractivity contribution is 5.98. The fourth-order valence-electron chi connectivity index (χ4n) is 2.30. The highest BCUT2D eigenvalue weighted by Crippen LogP contribution is 2.26. The van der Waals surface area contributed by atoms with Crippen LogP contribution in [-0.2, 0) is 4.74 Å². The molecule has 0 saturated heterocycles. The molecule has 26 heavy (non-hydrogen) atoms. The summed E-state index contributed by atoms with van der Waals surface area (Å²) >= 11 is 0. The van der Waals surface area contributed by atoms with Gasteiger partial charge in [-0.1, -0.05) is 0 Å². The van der Waals surface area contributed by atoms with Gasteiger partial charge in [-0.25, -0.2) is 14.7 Å². The number of carbonyl (C=O) groups excluding carboxylic acids is 1.